The van der Waals surface area contributed by atoms with E-state index >= 15 is 0 Å². The van der Waals surface area contributed by atoms with E-state index in [1.165, 1.54) is 0 Å². The van der Waals surface area contributed by atoms with Gasteiger partial charge in [-0.3, -0.25) is 0 Å². The fourth-order valence-corrected chi connectivity index (χ4v) is 1.83. The maximum absolute atomic E-state index is 5.76. The first-order chi connectivity index (χ1) is 9.78. The van der Waals surface area contributed by atoms with Gasteiger partial charge in [-0.15, -0.1) is 0 Å². The molecular weight excluding hydrogens is 260 g/mol. The Kier molecular flexibility index (Phi) is 4.97. The van der Waals surface area contributed by atoms with Gasteiger partial charge < -0.3 is 24.5 Å². The third-order valence-corrected chi connectivity index (χ3v) is 2.76. The van der Waals surface area contributed by atoms with Gasteiger partial charge in [-0.25, -0.2) is 0 Å². The van der Waals surface area contributed by atoms with Crippen molar-refractivity contribution < 1.29 is 18.7 Å². The first-order valence-electron chi connectivity index (χ1n) is 6.20. The maximum Gasteiger partial charge on any atom is 0.166 e. The van der Waals surface area contributed by atoms with Gasteiger partial charge in [0.1, 0.15) is 18.9 Å². The summed E-state index contributed by atoms with van der Waals surface area (Å²) in [5.74, 6) is 1.94. The molecule has 0 aliphatic heterocycles. The van der Waals surface area contributed by atoms with E-state index in [0.29, 0.717) is 36.1 Å². The lowest BCUT2D eigenvalue weighted by atomic mass is 10.2. The van der Waals surface area contributed by atoms with Crippen molar-refractivity contribution in [1.29, 1.82) is 0 Å². The van der Waals surface area contributed by atoms with Crippen molar-refractivity contribution in [1.82, 2.24) is 5.16 Å². The maximum atomic E-state index is 5.76. The van der Waals surface area contributed by atoms with E-state index in [0.717, 1.165) is 5.56 Å². The van der Waals surface area contributed by atoms with Crippen molar-refractivity contribution in [2.24, 2.45) is 5.73 Å². The first-order valence-corrected chi connectivity index (χ1v) is 6.20. The Morgan fingerprint density at radius 1 is 1.25 bits per heavy atom. The van der Waals surface area contributed by atoms with E-state index in [-0.39, 0.29) is 6.61 Å². The molecule has 0 saturated heterocycles. The van der Waals surface area contributed by atoms with Crippen LogP contribution >= 0.6 is 0 Å². The lowest BCUT2D eigenvalue weighted by Crippen LogP contribution is -2.04. The quantitative estimate of drug-likeness (QED) is 0.832. The number of benzene rings is 1. The van der Waals surface area contributed by atoms with Gasteiger partial charge in [-0.2, -0.15) is 0 Å². The van der Waals surface area contributed by atoms with Crippen LogP contribution in [0.3, 0.4) is 0 Å². The average Bonchev–Trinajstić information content (AvgIpc) is 2.92. The Morgan fingerprint density at radius 2 is 2.10 bits per heavy atom. The topological polar surface area (TPSA) is 79.7 Å². The van der Waals surface area contributed by atoms with Gasteiger partial charge in [0.25, 0.3) is 0 Å². The minimum Gasteiger partial charge on any atom is -0.493 e. The molecule has 108 valence electrons. The second-order valence-electron chi connectivity index (χ2n) is 4.16. The summed E-state index contributed by atoms with van der Waals surface area (Å²) >= 11 is 0. The predicted octanol–water partition coefficient (Wildman–Crippen LogP) is 1.87. The molecular formula is C14H18N2O4. The zero-order chi connectivity index (χ0) is 14.4. The third-order valence-electron chi connectivity index (χ3n) is 2.76. The fourth-order valence-electron chi connectivity index (χ4n) is 1.83. The monoisotopic (exact) mass is 278 g/mol. The smallest absolute Gasteiger partial charge is 0.166 e. The van der Waals surface area contributed by atoms with Gasteiger partial charge in [-0.1, -0.05) is 17.3 Å². The highest BCUT2D eigenvalue weighted by Crippen LogP contribution is 2.31. The van der Waals surface area contributed by atoms with Crippen molar-refractivity contribution in [3.63, 3.8) is 0 Å². The Labute approximate surface area is 117 Å². The van der Waals surface area contributed by atoms with Gasteiger partial charge in [0.05, 0.1) is 7.11 Å². The van der Waals surface area contributed by atoms with Crippen molar-refractivity contribution in [3.05, 3.63) is 41.3 Å². The lowest BCUT2D eigenvalue weighted by molar-refractivity contribution is 0.155. The van der Waals surface area contributed by atoms with Gasteiger partial charge in [0.2, 0.25) is 0 Å². The second-order valence-corrected chi connectivity index (χ2v) is 4.16. The number of hydrogen-bond acceptors (Lipinski definition) is 6. The molecule has 2 rings (SSSR count). The Bertz CT molecular complexity index is 532. The standard InChI is InChI=1S/C14H18N2O4/c1-17-9-12-6-11(16-20-12)8-19-14-10(7-15)4-3-5-13(14)18-2/h3-6H,7-9,15H2,1-2H3. The number of para-hydroxylation sites is 1. The summed E-state index contributed by atoms with van der Waals surface area (Å²) in [6.45, 7) is 1.04. The fraction of sp³-hybridized carbons (Fsp3) is 0.357. The lowest BCUT2D eigenvalue weighted by Gasteiger charge is -2.13. The van der Waals surface area contributed by atoms with Crippen LogP contribution in [0.5, 0.6) is 11.5 Å². The van der Waals surface area contributed by atoms with E-state index in [1.807, 2.05) is 18.2 Å². The molecule has 0 atom stereocenters. The van der Waals surface area contributed by atoms with Crippen LogP contribution in [-0.2, 0) is 24.5 Å². The number of nitrogens with zero attached hydrogens (tertiary/aromatic N) is 1. The van der Waals surface area contributed by atoms with Gasteiger partial charge in [0, 0.05) is 25.3 Å². The van der Waals surface area contributed by atoms with Crippen LogP contribution in [0.25, 0.3) is 0 Å². The molecule has 6 heteroatoms. The molecule has 2 N–H and O–H groups in total. The third kappa shape index (κ3) is 3.28. The minimum absolute atomic E-state index is 0.278. The predicted molar refractivity (Wildman–Crippen MR) is 72.4 cm³/mol. The van der Waals surface area contributed by atoms with E-state index in [9.17, 15) is 0 Å². The summed E-state index contributed by atoms with van der Waals surface area (Å²) in [5, 5.41) is 3.91. The minimum atomic E-state index is 0.278. The summed E-state index contributed by atoms with van der Waals surface area (Å²) in [7, 11) is 3.19. The van der Waals surface area contributed by atoms with Crippen LogP contribution in [0.15, 0.2) is 28.8 Å². The molecule has 0 aliphatic rings. The Balaban J connectivity index is 2.09. The summed E-state index contributed by atoms with van der Waals surface area (Å²) in [5.41, 5.74) is 7.27. The molecule has 0 amide bonds. The number of hydrogen-bond donors (Lipinski definition) is 1. The van der Waals surface area contributed by atoms with Crippen LogP contribution in [0.4, 0.5) is 0 Å². The molecule has 0 unspecified atom stereocenters. The van der Waals surface area contributed by atoms with Crippen LogP contribution in [0.1, 0.15) is 17.0 Å². The van der Waals surface area contributed by atoms with E-state index < -0.39 is 0 Å². The molecule has 0 fully saturated rings. The zero-order valence-electron chi connectivity index (χ0n) is 11.6. The van der Waals surface area contributed by atoms with E-state index in [1.54, 1.807) is 20.3 Å². The van der Waals surface area contributed by atoms with Crippen molar-refractivity contribution >= 4 is 0 Å². The van der Waals surface area contributed by atoms with Crippen molar-refractivity contribution in [2.75, 3.05) is 14.2 Å². The molecule has 1 heterocycles. The van der Waals surface area contributed by atoms with Crippen LogP contribution in [0.2, 0.25) is 0 Å². The Morgan fingerprint density at radius 3 is 2.80 bits per heavy atom. The average molecular weight is 278 g/mol. The normalized spacial score (nSPS) is 10.6. The van der Waals surface area contributed by atoms with Crippen molar-refractivity contribution in [3.8, 4) is 11.5 Å². The SMILES string of the molecule is COCc1cc(COc2c(CN)cccc2OC)no1. The number of methoxy groups -OCH3 is 2. The largest absolute Gasteiger partial charge is 0.493 e. The van der Waals surface area contributed by atoms with Crippen molar-refractivity contribution in [2.45, 2.75) is 19.8 Å². The molecule has 0 radical (unpaired) electrons. The van der Waals surface area contributed by atoms with Gasteiger partial charge in [-0.05, 0) is 6.07 Å². The highest BCUT2D eigenvalue weighted by atomic mass is 16.5. The number of nitrogens with two attached hydrogens (primary N) is 1. The highest BCUT2D eigenvalue weighted by Gasteiger charge is 2.11. The number of rotatable bonds is 7. The molecule has 20 heavy (non-hydrogen) atoms. The van der Waals surface area contributed by atoms with Crippen LogP contribution in [-0.4, -0.2) is 19.4 Å². The van der Waals surface area contributed by atoms with Crippen LogP contribution < -0.4 is 15.2 Å². The first kappa shape index (κ1) is 14.4. The van der Waals surface area contributed by atoms with Crippen LogP contribution in [0, 0.1) is 0 Å². The molecule has 0 saturated carbocycles. The number of ether oxygens (including phenoxy) is 3. The second kappa shape index (κ2) is 6.93. The molecule has 0 aliphatic carbocycles. The summed E-state index contributed by atoms with van der Waals surface area (Å²) < 4.78 is 21.1. The zero-order valence-corrected chi connectivity index (χ0v) is 11.6. The summed E-state index contributed by atoms with van der Waals surface area (Å²) in [4.78, 5) is 0. The summed E-state index contributed by atoms with van der Waals surface area (Å²) in [6, 6.07) is 7.40. The molecule has 6 nitrogen and oxygen atoms in total. The van der Waals surface area contributed by atoms with Gasteiger partial charge in [0.15, 0.2) is 17.3 Å². The van der Waals surface area contributed by atoms with E-state index in [2.05, 4.69) is 5.16 Å². The molecule has 1 aromatic carbocycles. The Hall–Kier alpha value is -2.05. The molecule has 1 aromatic heterocycles. The molecule has 0 spiro atoms. The van der Waals surface area contributed by atoms with E-state index in [4.69, 9.17) is 24.5 Å². The molecule has 2 aromatic rings. The summed E-state index contributed by atoms with van der Waals surface area (Å²) in [6.07, 6.45) is 0. The molecule has 0 bridgehead atoms. The number of aromatic nitrogens is 1. The van der Waals surface area contributed by atoms with Gasteiger partial charge >= 0.3 is 0 Å². The highest BCUT2D eigenvalue weighted by molar-refractivity contribution is 5.46.